The summed E-state index contributed by atoms with van der Waals surface area (Å²) in [7, 11) is 0. The first kappa shape index (κ1) is 8.43. The second kappa shape index (κ2) is 2.66. The first-order valence-electron chi connectivity index (χ1n) is 3.97. The maximum Gasteiger partial charge on any atom is 0.254 e. The standard InChI is InChI=1S/C9H9N3O2/c10-4-1-2-6-5(3-4)7(8(11)13)9(12)14-6/h1-3H,10,12H2,(H2,11,13). The fourth-order valence-electron chi connectivity index (χ4n) is 1.39. The Bertz CT molecular complexity index is 516. The molecular formula is C9H9N3O2. The molecule has 0 atom stereocenters. The zero-order chi connectivity index (χ0) is 10.3. The minimum Gasteiger partial charge on any atom is -0.440 e. The minimum absolute atomic E-state index is 0.0260. The summed E-state index contributed by atoms with van der Waals surface area (Å²) in [5, 5.41) is 0.551. The largest absolute Gasteiger partial charge is 0.440 e. The summed E-state index contributed by atoms with van der Waals surface area (Å²) in [6.45, 7) is 0. The normalized spacial score (nSPS) is 10.6. The number of hydrogen-bond donors (Lipinski definition) is 3. The van der Waals surface area contributed by atoms with Gasteiger partial charge in [0.05, 0.1) is 0 Å². The van der Waals surface area contributed by atoms with Gasteiger partial charge in [0.25, 0.3) is 5.91 Å². The Hall–Kier alpha value is -2.17. The predicted molar refractivity (Wildman–Crippen MR) is 53.6 cm³/mol. The van der Waals surface area contributed by atoms with E-state index in [1.807, 2.05) is 0 Å². The first-order valence-corrected chi connectivity index (χ1v) is 3.97. The molecule has 14 heavy (non-hydrogen) atoms. The molecule has 0 fully saturated rings. The van der Waals surface area contributed by atoms with Gasteiger partial charge in [0.15, 0.2) is 0 Å². The van der Waals surface area contributed by atoms with Gasteiger partial charge in [0, 0.05) is 11.1 Å². The van der Waals surface area contributed by atoms with Gasteiger partial charge in [-0.2, -0.15) is 0 Å². The van der Waals surface area contributed by atoms with Gasteiger partial charge >= 0.3 is 0 Å². The molecule has 0 aliphatic rings. The molecule has 6 N–H and O–H groups in total. The summed E-state index contributed by atoms with van der Waals surface area (Å²) in [5.74, 6) is -0.593. The zero-order valence-electron chi connectivity index (χ0n) is 7.28. The van der Waals surface area contributed by atoms with Crippen LogP contribution < -0.4 is 17.2 Å². The van der Waals surface area contributed by atoms with Gasteiger partial charge in [-0.1, -0.05) is 0 Å². The fourth-order valence-corrected chi connectivity index (χ4v) is 1.39. The van der Waals surface area contributed by atoms with E-state index in [1.54, 1.807) is 18.2 Å². The molecule has 1 heterocycles. The highest BCUT2D eigenvalue weighted by Crippen LogP contribution is 2.28. The Morgan fingerprint density at radius 3 is 2.64 bits per heavy atom. The second-order valence-electron chi connectivity index (χ2n) is 2.96. The molecule has 2 aromatic rings. The molecule has 0 saturated heterocycles. The van der Waals surface area contributed by atoms with Crippen LogP contribution in [-0.2, 0) is 0 Å². The van der Waals surface area contributed by atoms with E-state index in [9.17, 15) is 4.79 Å². The molecule has 72 valence electrons. The first-order chi connectivity index (χ1) is 6.59. The number of carbonyl (C=O) groups excluding carboxylic acids is 1. The van der Waals surface area contributed by atoms with Crippen LogP contribution in [0.15, 0.2) is 22.6 Å². The van der Waals surface area contributed by atoms with Crippen molar-refractivity contribution in [3.63, 3.8) is 0 Å². The lowest BCUT2D eigenvalue weighted by atomic mass is 10.1. The van der Waals surface area contributed by atoms with Crippen molar-refractivity contribution in [2.24, 2.45) is 5.73 Å². The maximum atomic E-state index is 11.0. The summed E-state index contributed by atoms with van der Waals surface area (Å²) in [6, 6.07) is 4.92. The van der Waals surface area contributed by atoms with Crippen molar-refractivity contribution in [1.82, 2.24) is 0 Å². The summed E-state index contributed by atoms with van der Waals surface area (Å²) < 4.78 is 5.14. The molecule has 0 bridgehead atoms. The van der Waals surface area contributed by atoms with Crippen molar-refractivity contribution >= 4 is 28.4 Å². The van der Waals surface area contributed by atoms with E-state index >= 15 is 0 Å². The van der Waals surface area contributed by atoms with Gasteiger partial charge in [0.1, 0.15) is 11.1 Å². The van der Waals surface area contributed by atoms with Crippen LogP contribution in [0.5, 0.6) is 0 Å². The van der Waals surface area contributed by atoms with E-state index in [0.717, 1.165) is 0 Å². The van der Waals surface area contributed by atoms with E-state index in [4.69, 9.17) is 21.6 Å². The van der Waals surface area contributed by atoms with Crippen molar-refractivity contribution in [1.29, 1.82) is 0 Å². The summed E-state index contributed by atoms with van der Waals surface area (Å²) in [4.78, 5) is 11.0. The molecule has 0 aliphatic heterocycles. The average Bonchev–Trinajstić information content (AvgIpc) is 2.40. The predicted octanol–water partition coefficient (Wildman–Crippen LogP) is 0.696. The van der Waals surface area contributed by atoms with Crippen LogP contribution in [0.4, 0.5) is 11.6 Å². The Labute approximate surface area is 79.5 Å². The van der Waals surface area contributed by atoms with Crippen LogP contribution in [0.25, 0.3) is 11.0 Å². The lowest BCUT2D eigenvalue weighted by Crippen LogP contribution is -2.12. The molecule has 0 unspecified atom stereocenters. The number of amides is 1. The van der Waals surface area contributed by atoms with Gasteiger partial charge in [-0.3, -0.25) is 4.79 Å². The molecule has 0 radical (unpaired) electrons. The third-order valence-corrected chi connectivity index (χ3v) is 1.99. The molecule has 0 spiro atoms. The molecule has 0 saturated carbocycles. The quantitative estimate of drug-likeness (QED) is 0.576. The smallest absolute Gasteiger partial charge is 0.254 e. The Kier molecular flexibility index (Phi) is 1.60. The second-order valence-corrected chi connectivity index (χ2v) is 2.96. The number of benzene rings is 1. The van der Waals surface area contributed by atoms with E-state index in [2.05, 4.69) is 0 Å². The van der Waals surface area contributed by atoms with E-state index < -0.39 is 5.91 Å². The summed E-state index contributed by atoms with van der Waals surface area (Å²) in [5.41, 5.74) is 17.4. The molecule has 1 aromatic heterocycles. The Morgan fingerprint density at radius 2 is 2.00 bits per heavy atom. The highest BCUT2D eigenvalue weighted by atomic mass is 16.3. The SMILES string of the molecule is NC(=O)c1c(N)oc2ccc(N)cc12. The number of fused-ring (bicyclic) bond motifs is 1. The molecule has 5 nitrogen and oxygen atoms in total. The van der Waals surface area contributed by atoms with Crippen LogP contribution >= 0.6 is 0 Å². The highest BCUT2D eigenvalue weighted by molar-refractivity contribution is 6.09. The lowest BCUT2D eigenvalue weighted by Gasteiger charge is -1.93. The average molecular weight is 191 g/mol. The fraction of sp³-hybridized carbons (Fsp3) is 0. The van der Waals surface area contributed by atoms with Gasteiger partial charge in [-0.15, -0.1) is 0 Å². The number of carbonyl (C=O) groups is 1. The van der Waals surface area contributed by atoms with E-state index in [0.29, 0.717) is 16.7 Å². The topological polar surface area (TPSA) is 108 Å². The van der Waals surface area contributed by atoms with Crippen LogP contribution in [0.3, 0.4) is 0 Å². The Morgan fingerprint density at radius 1 is 1.29 bits per heavy atom. The van der Waals surface area contributed by atoms with Crippen molar-refractivity contribution in [3.05, 3.63) is 23.8 Å². The van der Waals surface area contributed by atoms with Gasteiger partial charge < -0.3 is 21.6 Å². The lowest BCUT2D eigenvalue weighted by molar-refractivity contribution is 0.100. The van der Waals surface area contributed by atoms with Crippen molar-refractivity contribution in [3.8, 4) is 0 Å². The van der Waals surface area contributed by atoms with Gasteiger partial charge in [0.2, 0.25) is 5.88 Å². The zero-order valence-corrected chi connectivity index (χ0v) is 7.28. The number of primary amides is 1. The van der Waals surface area contributed by atoms with Crippen LogP contribution in [-0.4, -0.2) is 5.91 Å². The van der Waals surface area contributed by atoms with Gasteiger partial charge in [-0.25, -0.2) is 0 Å². The van der Waals surface area contributed by atoms with Crippen LogP contribution in [0.1, 0.15) is 10.4 Å². The molecule has 5 heteroatoms. The molecule has 1 amide bonds. The number of nitrogen functional groups attached to an aromatic ring is 2. The number of rotatable bonds is 1. The van der Waals surface area contributed by atoms with Gasteiger partial charge in [-0.05, 0) is 18.2 Å². The molecule has 1 aromatic carbocycles. The van der Waals surface area contributed by atoms with E-state index in [-0.39, 0.29) is 11.4 Å². The Balaban J connectivity index is 2.86. The molecule has 0 aliphatic carbocycles. The van der Waals surface area contributed by atoms with Crippen LogP contribution in [0.2, 0.25) is 0 Å². The maximum absolute atomic E-state index is 11.0. The highest BCUT2D eigenvalue weighted by Gasteiger charge is 2.16. The van der Waals surface area contributed by atoms with Crippen molar-refractivity contribution < 1.29 is 9.21 Å². The van der Waals surface area contributed by atoms with Crippen molar-refractivity contribution in [2.75, 3.05) is 11.5 Å². The summed E-state index contributed by atoms with van der Waals surface area (Å²) in [6.07, 6.45) is 0. The number of furan rings is 1. The number of anilines is 2. The summed E-state index contributed by atoms with van der Waals surface area (Å²) >= 11 is 0. The number of hydrogen-bond acceptors (Lipinski definition) is 4. The van der Waals surface area contributed by atoms with E-state index in [1.165, 1.54) is 0 Å². The molecular weight excluding hydrogens is 182 g/mol. The van der Waals surface area contributed by atoms with Crippen molar-refractivity contribution in [2.45, 2.75) is 0 Å². The third-order valence-electron chi connectivity index (χ3n) is 1.99. The van der Waals surface area contributed by atoms with Crippen LogP contribution in [0, 0.1) is 0 Å². The minimum atomic E-state index is -0.619. The molecule has 2 rings (SSSR count). The monoisotopic (exact) mass is 191 g/mol. The number of nitrogens with two attached hydrogens (primary N) is 3. The third kappa shape index (κ3) is 1.06.